The molecule has 1 amide bonds. The Labute approximate surface area is 129 Å². The number of hydrogen-bond donors (Lipinski definition) is 2. The molecular weight excluding hydrogens is 342 g/mol. The summed E-state index contributed by atoms with van der Waals surface area (Å²) in [6.07, 6.45) is 0. The first-order valence-electron chi connectivity index (χ1n) is 6.19. The summed E-state index contributed by atoms with van der Waals surface area (Å²) in [4.78, 5) is 12.2. The molecule has 0 saturated carbocycles. The lowest BCUT2D eigenvalue weighted by molar-refractivity contribution is -0.117. The van der Waals surface area contributed by atoms with E-state index < -0.39 is 23.5 Å². The summed E-state index contributed by atoms with van der Waals surface area (Å²) in [6.45, 7) is 1.68. The molecule has 2 rings (SSSR count). The predicted molar refractivity (Wildman–Crippen MR) is 82.0 cm³/mol. The molecule has 0 aromatic heterocycles. The fourth-order valence-electron chi connectivity index (χ4n) is 1.87. The van der Waals surface area contributed by atoms with Crippen molar-refractivity contribution < 1.29 is 13.6 Å². The Morgan fingerprint density at radius 1 is 1.29 bits per heavy atom. The van der Waals surface area contributed by atoms with Crippen LogP contribution in [0, 0.1) is 11.6 Å². The molecule has 1 atom stereocenters. The Hall–Kier alpha value is -1.95. The maximum Gasteiger partial charge on any atom is 0.231 e. The quantitative estimate of drug-likeness (QED) is 0.816. The Balaban J connectivity index is 2.22. The highest BCUT2D eigenvalue weighted by molar-refractivity contribution is 9.10. The van der Waals surface area contributed by atoms with E-state index in [1.807, 2.05) is 0 Å². The van der Waals surface area contributed by atoms with E-state index in [0.717, 1.165) is 6.07 Å². The Morgan fingerprint density at radius 3 is 2.62 bits per heavy atom. The van der Waals surface area contributed by atoms with Crippen LogP contribution in [0.1, 0.15) is 18.4 Å². The maximum atomic E-state index is 13.7. The van der Waals surface area contributed by atoms with Crippen molar-refractivity contribution in [1.29, 1.82) is 0 Å². The van der Waals surface area contributed by atoms with Gasteiger partial charge < -0.3 is 11.1 Å². The zero-order chi connectivity index (χ0) is 15.6. The zero-order valence-corrected chi connectivity index (χ0v) is 12.7. The van der Waals surface area contributed by atoms with Gasteiger partial charge in [-0.15, -0.1) is 0 Å². The number of nitrogens with one attached hydrogen (secondary N) is 1. The van der Waals surface area contributed by atoms with Gasteiger partial charge in [0.2, 0.25) is 5.91 Å². The van der Waals surface area contributed by atoms with Gasteiger partial charge in [0.05, 0.1) is 11.6 Å². The zero-order valence-electron chi connectivity index (χ0n) is 11.2. The number of carbonyl (C=O) groups excluding carboxylic acids is 1. The molecule has 110 valence electrons. The van der Waals surface area contributed by atoms with E-state index in [1.165, 1.54) is 0 Å². The van der Waals surface area contributed by atoms with Gasteiger partial charge in [-0.3, -0.25) is 4.79 Å². The lowest BCUT2D eigenvalue weighted by atomic mass is 10.00. The third kappa shape index (κ3) is 3.58. The van der Waals surface area contributed by atoms with E-state index in [9.17, 15) is 13.6 Å². The van der Waals surface area contributed by atoms with E-state index >= 15 is 0 Å². The second-order valence-electron chi connectivity index (χ2n) is 4.63. The Bertz CT molecular complexity index is 668. The first-order chi connectivity index (χ1) is 9.88. The summed E-state index contributed by atoms with van der Waals surface area (Å²) < 4.78 is 26.9. The van der Waals surface area contributed by atoms with Crippen LogP contribution >= 0.6 is 15.9 Å². The van der Waals surface area contributed by atoms with Crippen molar-refractivity contribution in [2.24, 2.45) is 0 Å². The first kappa shape index (κ1) is 15.4. The fourth-order valence-corrected chi connectivity index (χ4v) is 2.38. The lowest BCUT2D eigenvalue weighted by Gasteiger charge is -2.14. The van der Waals surface area contributed by atoms with Crippen LogP contribution in [-0.2, 0) is 4.79 Å². The molecule has 2 aromatic carbocycles. The highest BCUT2D eigenvalue weighted by atomic mass is 79.9. The average molecular weight is 355 g/mol. The number of amides is 1. The summed E-state index contributed by atoms with van der Waals surface area (Å²) in [7, 11) is 0. The van der Waals surface area contributed by atoms with Crippen LogP contribution in [0.4, 0.5) is 20.2 Å². The third-order valence-electron chi connectivity index (χ3n) is 3.06. The second-order valence-corrected chi connectivity index (χ2v) is 5.48. The molecule has 0 aliphatic rings. The molecule has 21 heavy (non-hydrogen) atoms. The predicted octanol–water partition coefficient (Wildman–Crippen LogP) is 4.05. The van der Waals surface area contributed by atoms with Crippen molar-refractivity contribution in [2.45, 2.75) is 12.8 Å². The van der Waals surface area contributed by atoms with Crippen molar-refractivity contribution in [2.75, 3.05) is 11.1 Å². The number of carbonyl (C=O) groups is 1. The molecule has 0 radical (unpaired) electrons. The van der Waals surface area contributed by atoms with Crippen LogP contribution in [-0.4, -0.2) is 5.91 Å². The Kier molecular flexibility index (Phi) is 4.57. The van der Waals surface area contributed by atoms with Gasteiger partial charge in [0.1, 0.15) is 5.82 Å². The van der Waals surface area contributed by atoms with Crippen molar-refractivity contribution in [1.82, 2.24) is 0 Å². The molecular formula is C15H13BrF2N2O. The van der Waals surface area contributed by atoms with Gasteiger partial charge in [0.15, 0.2) is 5.82 Å². The SMILES string of the molecule is CC(C(=O)Nc1c(F)cc(F)cc1Br)c1cccc(N)c1. The minimum atomic E-state index is -0.838. The molecule has 0 heterocycles. The van der Waals surface area contributed by atoms with Crippen LogP contribution in [0.2, 0.25) is 0 Å². The van der Waals surface area contributed by atoms with Crippen molar-refractivity contribution in [3.63, 3.8) is 0 Å². The van der Waals surface area contributed by atoms with Crippen LogP contribution < -0.4 is 11.1 Å². The van der Waals surface area contributed by atoms with Gasteiger partial charge in [-0.2, -0.15) is 0 Å². The summed E-state index contributed by atoms with van der Waals surface area (Å²) in [5.41, 5.74) is 6.84. The lowest BCUT2D eigenvalue weighted by Crippen LogP contribution is -2.20. The molecule has 0 aliphatic carbocycles. The minimum absolute atomic E-state index is 0.0860. The fraction of sp³-hybridized carbons (Fsp3) is 0.133. The van der Waals surface area contributed by atoms with Gasteiger partial charge in [0.25, 0.3) is 0 Å². The van der Waals surface area contributed by atoms with E-state index in [2.05, 4.69) is 21.2 Å². The monoisotopic (exact) mass is 354 g/mol. The standard InChI is InChI=1S/C15H13BrF2N2O/c1-8(9-3-2-4-11(19)5-9)15(21)20-14-12(16)6-10(17)7-13(14)18/h2-8H,19H2,1H3,(H,20,21). The molecule has 0 saturated heterocycles. The smallest absolute Gasteiger partial charge is 0.231 e. The number of rotatable bonds is 3. The van der Waals surface area contributed by atoms with Crippen LogP contribution in [0.3, 0.4) is 0 Å². The van der Waals surface area contributed by atoms with Gasteiger partial charge in [-0.25, -0.2) is 8.78 Å². The largest absolute Gasteiger partial charge is 0.399 e. The number of hydrogen-bond acceptors (Lipinski definition) is 2. The maximum absolute atomic E-state index is 13.7. The molecule has 1 unspecified atom stereocenters. The third-order valence-corrected chi connectivity index (χ3v) is 3.68. The molecule has 0 spiro atoms. The van der Waals surface area contributed by atoms with E-state index in [-0.39, 0.29) is 10.2 Å². The van der Waals surface area contributed by atoms with E-state index in [4.69, 9.17) is 5.73 Å². The topological polar surface area (TPSA) is 55.1 Å². The molecule has 0 aliphatic heterocycles. The van der Waals surface area contributed by atoms with Gasteiger partial charge in [-0.1, -0.05) is 12.1 Å². The molecule has 3 nitrogen and oxygen atoms in total. The van der Waals surface area contributed by atoms with E-state index in [1.54, 1.807) is 31.2 Å². The normalized spacial score (nSPS) is 12.0. The van der Waals surface area contributed by atoms with Crippen LogP contribution in [0.15, 0.2) is 40.9 Å². The molecule has 2 aromatic rings. The van der Waals surface area contributed by atoms with Crippen molar-refractivity contribution in [3.05, 3.63) is 58.1 Å². The molecule has 0 bridgehead atoms. The van der Waals surface area contributed by atoms with Gasteiger partial charge in [0, 0.05) is 16.2 Å². The first-order valence-corrected chi connectivity index (χ1v) is 6.98. The average Bonchev–Trinajstić information content (AvgIpc) is 2.41. The highest BCUT2D eigenvalue weighted by Gasteiger charge is 2.19. The van der Waals surface area contributed by atoms with Gasteiger partial charge in [-0.05, 0) is 46.6 Å². The number of nitrogens with two attached hydrogens (primary N) is 1. The van der Waals surface area contributed by atoms with Gasteiger partial charge >= 0.3 is 0 Å². The molecule has 3 N–H and O–H groups in total. The highest BCUT2D eigenvalue weighted by Crippen LogP contribution is 2.28. The number of nitrogen functional groups attached to an aromatic ring is 1. The summed E-state index contributed by atoms with van der Waals surface area (Å²) in [5.74, 6) is -2.49. The van der Waals surface area contributed by atoms with Crippen LogP contribution in [0.25, 0.3) is 0 Å². The molecule has 6 heteroatoms. The van der Waals surface area contributed by atoms with Crippen molar-refractivity contribution in [3.8, 4) is 0 Å². The van der Waals surface area contributed by atoms with Crippen LogP contribution in [0.5, 0.6) is 0 Å². The number of anilines is 2. The van der Waals surface area contributed by atoms with Crippen molar-refractivity contribution >= 4 is 33.2 Å². The summed E-state index contributed by atoms with van der Waals surface area (Å²) in [6, 6.07) is 8.69. The molecule has 0 fully saturated rings. The van der Waals surface area contributed by atoms with E-state index in [0.29, 0.717) is 17.3 Å². The second kappa shape index (κ2) is 6.22. The minimum Gasteiger partial charge on any atom is -0.399 e. The Morgan fingerprint density at radius 2 is 2.00 bits per heavy atom. The summed E-state index contributed by atoms with van der Waals surface area (Å²) in [5, 5.41) is 2.46. The number of halogens is 3. The number of benzene rings is 2. The summed E-state index contributed by atoms with van der Waals surface area (Å²) >= 11 is 3.03.